The van der Waals surface area contributed by atoms with Gasteiger partial charge in [-0.1, -0.05) is 23.2 Å². The van der Waals surface area contributed by atoms with Gasteiger partial charge in [0.15, 0.2) is 0 Å². The minimum atomic E-state index is -4.76. The molecule has 2 aromatic carbocycles. The lowest BCUT2D eigenvalue weighted by Crippen LogP contribution is -2.44. The van der Waals surface area contributed by atoms with Crippen LogP contribution in [0.25, 0.3) is 0 Å². The van der Waals surface area contributed by atoms with Crippen molar-refractivity contribution in [2.24, 2.45) is 5.92 Å². The summed E-state index contributed by atoms with van der Waals surface area (Å²) in [5.74, 6) is -0.604. The molecule has 33 heavy (non-hydrogen) atoms. The van der Waals surface area contributed by atoms with E-state index in [1.165, 1.54) is 24.3 Å². The van der Waals surface area contributed by atoms with E-state index in [0.29, 0.717) is 29.0 Å². The van der Waals surface area contributed by atoms with Crippen LogP contribution in [0.2, 0.25) is 10.0 Å². The maximum absolute atomic E-state index is 13.1. The van der Waals surface area contributed by atoms with Gasteiger partial charge in [-0.3, -0.25) is 0 Å². The van der Waals surface area contributed by atoms with Crippen LogP contribution in [0.4, 0.5) is 13.2 Å². The third-order valence-corrected chi connectivity index (χ3v) is 7.90. The first-order valence-electron chi connectivity index (χ1n) is 9.34. The van der Waals surface area contributed by atoms with Crippen LogP contribution in [-0.2, 0) is 16.2 Å². The molecule has 2 N–H and O–H groups in total. The molecule has 178 valence electrons. The molecule has 0 amide bonds. The number of halogens is 5. The van der Waals surface area contributed by atoms with Crippen molar-refractivity contribution in [2.75, 3.05) is 26.3 Å². The first-order chi connectivity index (χ1) is 15.3. The average molecular weight is 525 g/mol. The van der Waals surface area contributed by atoms with Crippen molar-refractivity contribution in [3.63, 3.8) is 0 Å². The standard InChI is InChI=1S/C20H17Cl2F3N2O5S/c21-16-3-2-15(6-17(16)22)32-9-14-8-27(10-19(14,29)11-28)33(30,31)18-4-1-13(20(23,24)25)5-12(18)7-26/h1-6,14,28-29H,8-11H2/t14-,19-/m1/s1. The molecule has 2 atom stereocenters. The Balaban J connectivity index is 1.86. The Bertz CT molecular complexity index is 1200. The minimum Gasteiger partial charge on any atom is -0.493 e. The van der Waals surface area contributed by atoms with Crippen LogP contribution >= 0.6 is 23.2 Å². The highest BCUT2D eigenvalue weighted by Crippen LogP contribution is 2.36. The number of benzene rings is 2. The van der Waals surface area contributed by atoms with Gasteiger partial charge in [0.05, 0.1) is 39.3 Å². The van der Waals surface area contributed by atoms with Crippen molar-refractivity contribution in [3.8, 4) is 11.8 Å². The van der Waals surface area contributed by atoms with Gasteiger partial charge in [0.2, 0.25) is 10.0 Å². The van der Waals surface area contributed by atoms with Crippen LogP contribution in [0.5, 0.6) is 5.75 Å². The Labute approximate surface area is 197 Å². The molecule has 0 bridgehead atoms. The molecular formula is C20H17Cl2F3N2O5S. The van der Waals surface area contributed by atoms with E-state index in [2.05, 4.69) is 0 Å². The van der Waals surface area contributed by atoms with Gasteiger partial charge in [0.1, 0.15) is 17.4 Å². The van der Waals surface area contributed by atoms with Crippen LogP contribution in [0.15, 0.2) is 41.3 Å². The topological polar surface area (TPSA) is 111 Å². The number of nitriles is 1. The number of alkyl halides is 3. The van der Waals surface area contributed by atoms with E-state index in [0.717, 1.165) is 4.31 Å². The smallest absolute Gasteiger partial charge is 0.416 e. The summed E-state index contributed by atoms with van der Waals surface area (Å²) in [6.07, 6.45) is -4.76. The predicted octanol–water partition coefficient (Wildman–Crippen LogP) is 3.31. The van der Waals surface area contributed by atoms with E-state index in [1.807, 2.05) is 0 Å². The summed E-state index contributed by atoms with van der Waals surface area (Å²) in [5.41, 5.74) is -3.74. The fourth-order valence-corrected chi connectivity index (χ4v) is 5.36. The molecule has 1 fully saturated rings. The first kappa shape index (κ1) is 25.6. The van der Waals surface area contributed by atoms with E-state index >= 15 is 0 Å². The van der Waals surface area contributed by atoms with Crippen LogP contribution < -0.4 is 4.74 Å². The van der Waals surface area contributed by atoms with Gasteiger partial charge in [-0.15, -0.1) is 0 Å². The zero-order valence-electron chi connectivity index (χ0n) is 16.7. The van der Waals surface area contributed by atoms with Crippen LogP contribution in [-0.4, -0.2) is 54.8 Å². The quantitative estimate of drug-likeness (QED) is 0.599. The van der Waals surface area contributed by atoms with Gasteiger partial charge in [-0.25, -0.2) is 8.42 Å². The van der Waals surface area contributed by atoms with Crippen molar-refractivity contribution in [3.05, 3.63) is 57.6 Å². The highest BCUT2D eigenvalue weighted by atomic mass is 35.5. The molecule has 0 spiro atoms. The summed E-state index contributed by atoms with van der Waals surface area (Å²) < 4.78 is 71.4. The second-order valence-corrected chi connectivity index (χ2v) is 10.2. The van der Waals surface area contributed by atoms with Crippen molar-refractivity contribution >= 4 is 33.2 Å². The lowest BCUT2D eigenvalue weighted by molar-refractivity contribution is -0.137. The van der Waals surface area contributed by atoms with Crippen molar-refractivity contribution in [1.82, 2.24) is 4.31 Å². The first-order valence-corrected chi connectivity index (χ1v) is 11.5. The van der Waals surface area contributed by atoms with Gasteiger partial charge >= 0.3 is 6.18 Å². The average Bonchev–Trinajstić information content (AvgIpc) is 3.11. The van der Waals surface area contributed by atoms with Crippen LogP contribution in [0.3, 0.4) is 0 Å². The second kappa shape index (κ2) is 9.29. The summed E-state index contributed by atoms with van der Waals surface area (Å²) in [4.78, 5) is -0.635. The monoisotopic (exact) mass is 524 g/mol. The predicted molar refractivity (Wildman–Crippen MR) is 112 cm³/mol. The molecule has 13 heteroatoms. The van der Waals surface area contributed by atoms with Crippen molar-refractivity contribution in [2.45, 2.75) is 16.7 Å². The Kier molecular flexibility index (Phi) is 7.19. The molecule has 3 rings (SSSR count). The lowest BCUT2D eigenvalue weighted by Gasteiger charge is -2.26. The van der Waals surface area contributed by atoms with E-state index < -0.39 is 56.9 Å². The maximum Gasteiger partial charge on any atom is 0.416 e. The minimum absolute atomic E-state index is 0.209. The number of nitrogens with zero attached hydrogens (tertiary/aromatic N) is 2. The lowest BCUT2D eigenvalue weighted by atomic mass is 9.92. The second-order valence-electron chi connectivity index (χ2n) is 7.46. The van der Waals surface area contributed by atoms with E-state index in [9.17, 15) is 37.1 Å². The Morgan fingerprint density at radius 2 is 1.91 bits per heavy atom. The number of sulfonamides is 1. The van der Waals surface area contributed by atoms with E-state index in [1.54, 1.807) is 0 Å². The molecule has 7 nitrogen and oxygen atoms in total. The number of hydrogen-bond donors (Lipinski definition) is 2. The molecule has 0 aliphatic carbocycles. The third kappa shape index (κ3) is 5.21. The Morgan fingerprint density at radius 3 is 2.48 bits per heavy atom. The number of hydrogen-bond acceptors (Lipinski definition) is 6. The van der Waals surface area contributed by atoms with Gasteiger partial charge < -0.3 is 14.9 Å². The third-order valence-electron chi connectivity index (χ3n) is 5.30. The van der Waals surface area contributed by atoms with Crippen molar-refractivity contribution in [1.29, 1.82) is 5.26 Å². The highest BCUT2D eigenvalue weighted by Gasteiger charge is 2.50. The number of rotatable bonds is 6. The summed E-state index contributed by atoms with van der Waals surface area (Å²) >= 11 is 11.8. The zero-order chi connectivity index (χ0) is 24.6. The molecule has 1 aliphatic heterocycles. The van der Waals surface area contributed by atoms with Gasteiger partial charge in [0.25, 0.3) is 0 Å². The summed E-state index contributed by atoms with van der Waals surface area (Å²) in [5, 5.41) is 30.3. The largest absolute Gasteiger partial charge is 0.493 e. The van der Waals surface area contributed by atoms with Crippen LogP contribution in [0, 0.1) is 17.2 Å². The molecule has 1 saturated heterocycles. The molecule has 0 radical (unpaired) electrons. The fourth-order valence-electron chi connectivity index (χ4n) is 3.41. The zero-order valence-corrected chi connectivity index (χ0v) is 19.0. The molecule has 0 aromatic heterocycles. The molecule has 1 aliphatic rings. The normalized spacial score (nSPS) is 21.7. The molecule has 1 heterocycles. The maximum atomic E-state index is 13.1. The number of aliphatic hydroxyl groups excluding tert-OH is 1. The van der Waals surface area contributed by atoms with Crippen molar-refractivity contribution < 1.29 is 36.5 Å². The molecule has 0 unspecified atom stereocenters. The SMILES string of the molecule is N#Cc1cc(C(F)(F)F)ccc1S(=O)(=O)N1C[C@H](COc2ccc(Cl)c(Cl)c2)[C@](O)(CO)C1. The number of β-amino-alcohol motifs (C(OH)–C–C–N with tert-alkyl or cyclic N) is 1. The van der Waals surface area contributed by atoms with Crippen LogP contribution in [0.1, 0.15) is 11.1 Å². The summed E-state index contributed by atoms with van der Waals surface area (Å²) in [7, 11) is -4.47. The van der Waals surface area contributed by atoms with E-state index in [-0.39, 0.29) is 18.2 Å². The molecule has 2 aromatic rings. The summed E-state index contributed by atoms with van der Waals surface area (Å²) in [6, 6.07) is 7.61. The summed E-state index contributed by atoms with van der Waals surface area (Å²) in [6.45, 7) is -1.87. The number of aliphatic hydroxyl groups is 2. The van der Waals surface area contributed by atoms with Gasteiger partial charge in [0, 0.05) is 25.1 Å². The number of ether oxygens (including phenoxy) is 1. The fraction of sp³-hybridized carbons (Fsp3) is 0.350. The highest BCUT2D eigenvalue weighted by molar-refractivity contribution is 7.89. The van der Waals surface area contributed by atoms with Gasteiger partial charge in [-0.2, -0.15) is 22.7 Å². The van der Waals surface area contributed by atoms with E-state index in [4.69, 9.17) is 27.9 Å². The Morgan fingerprint density at radius 1 is 1.21 bits per heavy atom. The molecular weight excluding hydrogens is 508 g/mol. The Hall–Kier alpha value is -2.07. The van der Waals surface area contributed by atoms with Gasteiger partial charge in [-0.05, 0) is 30.3 Å². The molecule has 0 saturated carbocycles.